The van der Waals surface area contributed by atoms with Gasteiger partial charge in [0.2, 0.25) is 0 Å². The molecule has 0 amide bonds. The predicted molar refractivity (Wildman–Crippen MR) is 60.7 cm³/mol. The number of nitrogens with zero attached hydrogens (tertiary/aromatic N) is 2. The van der Waals surface area contributed by atoms with Crippen molar-refractivity contribution in [3.8, 4) is 0 Å². The van der Waals surface area contributed by atoms with Crippen molar-refractivity contribution < 1.29 is 13.1 Å². The van der Waals surface area contributed by atoms with Crippen LogP contribution in [0.4, 0.5) is 0 Å². The predicted octanol–water partition coefficient (Wildman–Crippen LogP) is 3.22. The Labute approximate surface area is 102 Å². The smallest absolute Gasteiger partial charge is 0.312 e. The maximum atomic E-state index is 11.4. The number of rotatable bonds is 4. The van der Waals surface area contributed by atoms with E-state index in [9.17, 15) is 4.57 Å². The Morgan fingerprint density at radius 2 is 2.13 bits per heavy atom. The summed E-state index contributed by atoms with van der Waals surface area (Å²) in [6, 6.07) is 0. The van der Waals surface area contributed by atoms with Crippen LogP contribution >= 0.6 is 42.8 Å². The summed E-state index contributed by atoms with van der Waals surface area (Å²) in [6.45, 7) is 1.35. The lowest BCUT2D eigenvalue weighted by Gasteiger charge is -2.07. The summed E-state index contributed by atoms with van der Waals surface area (Å²) < 4.78 is 22.4. The van der Waals surface area contributed by atoms with Gasteiger partial charge in [-0.3, -0.25) is 9.25 Å². The Morgan fingerprint density at radius 1 is 1.53 bits per heavy atom. The summed E-state index contributed by atoms with van der Waals surface area (Å²) in [5, 5.41) is 4.87. The molecule has 0 aliphatic rings. The van der Waals surface area contributed by atoms with E-state index in [1.807, 2.05) is 0 Å². The second-order valence-corrected chi connectivity index (χ2v) is 6.44. The molecule has 0 aliphatic carbocycles. The number of aryl methyl sites for hydroxylation is 1. The molecular weight excluding hydrogens is 282 g/mol. The number of aromatic nitrogens is 2. The first-order valence-corrected chi connectivity index (χ1v) is 7.23. The van der Waals surface area contributed by atoms with Gasteiger partial charge in [-0.25, -0.2) is 3.97 Å². The van der Waals surface area contributed by atoms with Crippen LogP contribution in [0.3, 0.4) is 0 Å². The van der Waals surface area contributed by atoms with Crippen molar-refractivity contribution in [1.82, 2.24) is 9.78 Å². The highest BCUT2D eigenvalue weighted by molar-refractivity contribution is 7.98. The van der Waals surface area contributed by atoms with E-state index in [1.54, 1.807) is 7.05 Å². The molecule has 9 heteroatoms. The van der Waals surface area contributed by atoms with Crippen LogP contribution in [0, 0.1) is 0 Å². The molecule has 1 atom stereocenters. The lowest BCUT2D eigenvalue weighted by atomic mass is 10.7. The van der Waals surface area contributed by atoms with Crippen LogP contribution < -0.4 is 0 Å². The third-order valence-corrected chi connectivity index (χ3v) is 4.97. The van der Waals surface area contributed by atoms with Gasteiger partial charge in [0.15, 0.2) is 5.03 Å². The average molecular weight is 291 g/mol. The third-order valence-electron chi connectivity index (χ3n) is 1.48. The first-order valence-electron chi connectivity index (χ1n) is 3.75. The highest BCUT2D eigenvalue weighted by Crippen LogP contribution is 2.49. The minimum absolute atomic E-state index is 0.264. The molecule has 86 valence electrons. The Balaban J connectivity index is 2.74. The van der Waals surface area contributed by atoms with E-state index >= 15 is 0 Å². The highest BCUT2D eigenvalue weighted by atomic mass is 35.5. The average Bonchev–Trinajstić information content (AvgIpc) is 2.43. The van der Waals surface area contributed by atoms with Crippen LogP contribution in [0.15, 0.2) is 5.03 Å². The van der Waals surface area contributed by atoms with Gasteiger partial charge in [-0.05, 0) is 0 Å². The number of halogens is 2. The minimum atomic E-state index is -3.05. The van der Waals surface area contributed by atoms with Gasteiger partial charge in [0.25, 0.3) is 0 Å². The van der Waals surface area contributed by atoms with Crippen molar-refractivity contribution in [2.45, 2.75) is 5.03 Å². The monoisotopic (exact) mass is 290 g/mol. The molecule has 0 aromatic carbocycles. The zero-order valence-electron chi connectivity index (χ0n) is 8.23. The van der Waals surface area contributed by atoms with Crippen LogP contribution in [-0.4, -0.2) is 23.6 Å². The molecule has 0 saturated heterocycles. The molecule has 0 N–H and O–H groups in total. The molecule has 0 aliphatic heterocycles. The molecule has 0 spiro atoms. The van der Waals surface area contributed by atoms with Crippen LogP contribution in [0.2, 0.25) is 10.2 Å². The standard InChI is InChI=1S/C6H9Cl2N2O3PS/c1-10-5(8)4(7)6(9-10)15-13-14(3,11)12-2/h1-3H3. The first kappa shape index (κ1) is 13.4. The van der Waals surface area contributed by atoms with Crippen molar-refractivity contribution in [3.05, 3.63) is 10.2 Å². The molecule has 1 aromatic heterocycles. The Morgan fingerprint density at radius 3 is 2.53 bits per heavy atom. The Kier molecular flexibility index (Phi) is 4.52. The topological polar surface area (TPSA) is 53.4 Å². The fourth-order valence-electron chi connectivity index (χ4n) is 0.641. The van der Waals surface area contributed by atoms with E-state index in [1.165, 1.54) is 18.5 Å². The molecule has 1 unspecified atom stereocenters. The zero-order chi connectivity index (χ0) is 11.6. The molecule has 0 saturated carbocycles. The van der Waals surface area contributed by atoms with Crippen molar-refractivity contribution in [1.29, 1.82) is 0 Å². The molecule has 5 nitrogen and oxygen atoms in total. The van der Waals surface area contributed by atoms with Gasteiger partial charge in [0.05, 0.1) is 12.0 Å². The summed E-state index contributed by atoms with van der Waals surface area (Å²) in [5.41, 5.74) is 0. The highest BCUT2D eigenvalue weighted by Gasteiger charge is 2.20. The van der Waals surface area contributed by atoms with Crippen molar-refractivity contribution in [2.75, 3.05) is 13.8 Å². The maximum absolute atomic E-state index is 11.4. The maximum Gasteiger partial charge on any atom is 0.338 e. The molecule has 0 fully saturated rings. The molecular formula is C6H9Cl2N2O3PS. The van der Waals surface area contributed by atoms with Gasteiger partial charge in [-0.1, -0.05) is 23.2 Å². The molecule has 1 aromatic rings. The van der Waals surface area contributed by atoms with Gasteiger partial charge in [0.1, 0.15) is 10.2 Å². The van der Waals surface area contributed by atoms with Crippen LogP contribution in [-0.2, 0) is 20.1 Å². The molecule has 0 radical (unpaired) electrons. The summed E-state index contributed by atoms with van der Waals surface area (Å²) in [7, 11) is -0.114. The van der Waals surface area contributed by atoms with Gasteiger partial charge in [0, 0.05) is 20.8 Å². The van der Waals surface area contributed by atoms with Crippen molar-refractivity contribution >= 4 is 42.8 Å². The van der Waals surface area contributed by atoms with E-state index in [2.05, 4.69) is 9.62 Å². The SMILES string of the molecule is COP(C)(=O)OSc1nn(C)c(Cl)c1Cl. The van der Waals surface area contributed by atoms with Gasteiger partial charge < -0.3 is 4.52 Å². The van der Waals surface area contributed by atoms with Gasteiger partial charge in [-0.2, -0.15) is 5.10 Å². The zero-order valence-corrected chi connectivity index (χ0v) is 11.5. The van der Waals surface area contributed by atoms with Crippen molar-refractivity contribution in [3.63, 3.8) is 0 Å². The summed E-state index contributed by atoms with van der Waals surface area (Å²) in [5.74, 6) is 0. The Hall–Kier alpha value is 0.290. The molecule has 1 rings (SSSR count). The minimum Gasteiger partial charge on any atom is -0.312 e. The number of hydrogen-bond acceptors (Lipinski definition) is 5. The quantitative estimate of drug-likeness (QED) is 0.629. The third kappa shape index (κ3) is 3.37. The van der Waals surface area contributed by atoms with E-state index < -0.39 is 7.60 Å². The molecule has 1 heterocycles. The Bertz CT molecular complexity index is 411. The summed E-state index contributed by atoms with van der Waals surface area (Å²) >= 11 is 12.4. The fourth-order valence-corrected chi connectivity index (χ4v) is 2.47. The molecule has 15 heavy (non-hydrogen) atoms. The van der Waals surface area contributed by atoms with Gasteiger partial charge >= 0.3 is 7.60 Å². The largest absolute Gasteiger partial charge is 0.338 e. The van der Waals surface area contributed by atoms with Crippen LogP contribution in [0.25, 0.3) is 0 Å². The van der Waals surface area contributed by atoms with Crippen LogP contribution in [0.1, 0.15) is 0 Å². The lowest BCUT2D eigenvalue weighted by molar-refractivity contribution is 0.342. The summed E-state index contributed by atoms with van der Waals surface area (Å²) in [6.07, 6.45) is 0. The second kappa shape index (κ2) is 5.08. The van der Waals surface area contributed by atoms with Crippen LogP contribution in [0.5, 0.6) is 0 Å². The van der Waals surface area contributed by atoms with E-state index in [0.717, 1.165) is 12.0 Å². The first-order chi connectivity index (χ1) is 6.87. The lowest BCUT2D eigenvalue weighted by Crippen LogP contribution is -1.89. The van der Waals surface area contributed by atoms with Crippen molar-refractivity contribution in [2.24, 2.45) is 7.05 Å². The van der Waals surface area contributed by atoms with E-state index in [0.29, 0.717) is 10.2 Å². The molecule has 0 bridgehead atoms. The van der Waals surface area contributed by atoms with Gasteiger partial charge in [-0.15, -0.1) is 0 Å². The second-order valence-electron chi connectivity index (χ2n) is 2.65. The number of hydrogen-bond donors (Lipinski definition) is 0. The van der Waals surface area contributed by atoms with E-state index in [4.69, 9.17) is 27.2 Å². The summed E-state index contributed by atoms with van der Waals surface area (Å²) in [4.78, 5) is 0. The normalized spacial score (nSPS) is 15.3. The fraction of sp³-hybridized carbons (Fsp3) is 0.500. The van der Waals surface area contributed by atoms with E-state index in [-0.39, 0.29) is 5.02 Å².